The van der Waals surface area contributed by atoms with Crippen LogP contribution in [0.25, 0.3) is 0 Å². The minimum absolute atomic E-state index is 0.0409. The second kappa shape index (κ2) is 3.81. The van der Waals surface area contributed by atoms with Crippen LogP contribution < -0.4 is 5.73 Å². The van der Waals surface area contributed by atoms with Gasteiger partial charge in [-0.25, -0.2) is 0 Å². The first kappa shape index (κ1) is 13.1. The third kappa shape index (κ3) is 1.44. The fourth-order valence-corrected chi connectivity index (χ4v) is 4.51. The minimum atomic E-state index is -0.407. The highest BCUT2D eigenvalue weighted by Gasteiger charge is 2.74. The number of likely N-dealkylation sites (tertiary alicyclic amines) is 1. The predicted molar refractivity (Wildman–Crippen MR) is 72.0 cm³/mol. The Labute approximate surface area is 114 Å². The van der Waals surface area contributed by atoms with E-state index in [0.29, 0.717) is 12.5 Å². The number of carbonyl (C=O) groups is 2. The molecule has 19 heavy (non-hydrogen) atoms. The van der Waals surface area contributed by atoms with Gasteiger partial charge in [0, 0.05) is 6.54 Å². The second-order valence-electron chi connectivity index (χ2n) is 7.24. The Bertz CT molecular complexity index is 421. The number of fused-ring (bicyclic) bond motifs is 1. The lowest BCUT2D eigenvalue weighted by Crippen LogP contribution is -2.62. The Kier molecular flexibility index (Phi) is 2.63. The predicted octanol–water partition coefficient (Wildman–Crippen LogP) is 1.53. The van der Waals surface area contributed by atoms with Gasteiger partial charge in [0.25, 0.3) is 0 Å². The van der Waals surface area contributed by atoms with Crippen molar-refractivity contribution in [3.8, 4) is 0 Å². The molecule has 0 aromatic rings. The average Bonchev–Trinajstić information content (AvgIpc) is 2.82. The van der Waals surface area contributed by atoms with Crippen molar-refractivity contribution in [3.63, 3.8) is 0 Å². The van der Waals surface area contributed by atoms with Gasteiger partial charge in [0.1, 0.15) is 0 Å². The maximum Gasteiger partial charge on any atom is 0.234 e. The first-order valence-corrected chi connectivity index (χ1v) is 7.46. The summed E-state index contributed by atoms with van der Waals surface area (Å²) in [7, 11) is 0. The molecule has 4 nitrogen and oxygen atoms in total. The summed E-state index contributed by atoms with van der Waals surface area (Å²) in [6.07, 6.45) is 4.18. The number of nitrogens with two attached hydrogens (primary N) is 1. The number of amides is 2. The van der Waals surface area contributed by atoms with Gasteiger partial charge < -0.3 is 5.73 Å². The van der Waals surface area contributed by atoms with Crippen molar-refractivity contribution >= 4 is 11.8 Å². The third-order valence-corrected chi connectivity index (χ3v) is 6.01. The molecule has 2 saturated carbocycles. The topological polar surface area (TPSA) is 63.4 Å². The molecule has 106 valence electrons. The smallest absolute Gasteiger partial charge is 0.234 e. The number of hydrogen-bond donors (Lipinski definition) is 1. The van der Waals surface area contributed by atoms with Crippen LogP contribution in [0, 0.1) is 23.2 Å². The fraction of sp³-hybridized carbons (Fsp3) is 0.867. The lowest BCUT2D eigenvalue weighted by Gasteiger charge is -2.48. The largest absolute Gasteiger partial charge is 0.328 e. The van der Waals surface area contributed by atoms with Crippen molar-refractivity contribution in [3.05, 3.63) is 0 Å². The van der Waals surface area contributed by atoms with E-state index >= 15 is 0 Å². The third-order valence-electron chi connectivity index (χ3n) is 6.01. The molecule has 2 aliphatic carbocycles. The molecule has 1 heterocycles. The summed E-state index contributed by atoms with van der Waals surface area (Å²) >= 11 is 0. The molecule has 0 spiro atoms. The van der Waals surface area contributed by atoms with Crippen LogP contribution in [0.4, 0.5) is 0 Å². The van der Waals surface area contributed by atoms with E-state index in [-0.39, 0.29) is 29.1 Å². The molecule has 0 aromatic heterocycles. The van der Waals surface area contributed by atoms with Crippen LogP contribution in [0.1, 0.15) is 46.5 Å². The first-order chi connectivity index (χ1) is 8.88. The maximum absolute atomic E-state index is 12.6. The lowest BCUT2D eigenvalue weighted by molar-refractivity contribution is -0.154. The molecule has 1 saturated heterocycles. The summed E-state index contributed by atoms with van der Waals surface area (Å²) in [4.78, 5) is 26.8. The summed E-state index contributed by atoms with van der Waals surface area (Å²) in [5.41, 5.74) is 5.48. The number of rotatable bonds is 2. The van der Waals surface area contributed by atoms with Crippen molar-refractivity contribution in [2.75, 3.05) is 6.54 Å². The van der Waals surface area contributed by atoms with E-state index in [0.717, 1.165) is 19.3 Å². The maximum atomic E-state index is 12.6. The van der Waals surface area contributed by atoms with Crippen molar-refractivity contribution in [2.45, 2.75) is 52.0 Å². The van der Waals surface area contributed by atoms with Gasteiger partial charge in [0.2, 0.25) is 11.8 Å². The van der Waals surface area contributed by atoms with Crippen LogP contribution in [-0.2, 0) is 9.59 Å². The summed E-state index contributed by atoms with van der Waals surface area (Å²) < 4.78 is 0. The van der Waals surface area contributed by atoms with Gasteiger partial charge in [0.15, 0.2) is 0 Å². The Morgan fingerprint density at radius 3 is 2.26 bits per heavy atom. The summed E-state index contributed by atoms with van der Waals surface area (Å²) in [5.74, 6) is 0.230. The summed E-state index contributed by atoms with van der Waals surface area (Å²) in [6, 6.07) is 0. The molecule has 4 unspecified atom stereocenters. The van der Waals surface area contributed by atoms with Gasteiger partial charge in [0.05, 0.1) is 17.4 Å². The molecule has 0 radical (unpaired) electrons. The van der Waals surface area contributed by atoms with E-state index in [1.165, 1.54) is 6.42 Å². The van der Waals surface area contributed by atoms with E-state index in [2.05, 4.69) is 6.92 Å². The van der Waals surface area contributed by atoms with Crippen LogP contribution in [-0.4, -0.2) is 28.8 Å². The monoisotopic (exact) mass is 264 g/mol. The number of hydrogen-bond acceptors (Lipinski definition) is 3. The molecule has 0 aromatic carbocycles. The molecule has 4 atom stereocenters. The second-order valence-corrected chi connectivity index (χ2v) is 7.24. The van der Waals surface area contributed by atoms with Crippen molar-refractivity contribution in [2.24, 2.45) is 28.9 Å². The molecule has 3 rings (SSSR count). The van der Waals surface area contributed by atoms with E-state index < -0.39 is 5.54 Å². The lowest BCUT2D eigenvalue weighted by atomic mass is 9.72. The van der Waals surface area contributed by atoms with Gasteiger partial charge in [-0.3, -0.25) is 14.5 Å². The van der Waals surface area contributed by atoms with Gasteiger partial charge in [-0.05, 0) is 24.2 Å². The van der Waals surface area contributed by atoms with Crippen LogP contribution >= 0.6 is 0 Å². The van der Waals surface area contributed by atoms with E-state index in [1.54, 1.807) is 4.90 Å². The zero-order valence-corrected chi connectivity index (χ0v) is 12.1. The number of piperidine rings is 1. The molecule has 3 fully saturated rings. The molecule has 0 bridgehead atoms. The standard InChI is InChI=1S/C15H24N2O2/c1-9-6-4-5-7-15(9,8-16)17-12(18)10-11(13(17)19)14(10,2)3/h9-11H,4-8,16H2,1-3H3. The molecular weight excluding hydrogens is 240 g/mol. The molecule has 3 aliphatic rings. The van der Waals surface area contributed by atoms with Crippen molar-refractivity contribution in [1.29, 1.82) is 0 Å². The SMILES string of the molecule is CC1CCCCC1(CN)N1C(=O)C2C(C1=O)C2(C)C. The number of nitrogens with zero attached hydrogens (tertiary/aromatic N) is 1. The minimum Gasteiger partial charge on any atom is -0.328 e. The van der Waals surface area contributed by atoms with Crippen LogP contribution in [0.3, 0.4) is 0 Å². The molecule has 2 N–H and O–H groups in total. The molecular formula is C15H24N2O2. The van der Waals surface area contributed by atoms with Gasteiger partial charge in [-0.2, -0.15) is 0 Å². The quantitative estimate of drug-likeness (QED) is 0.769. The zero-order chi connectivity index (χ0) is 14.0. The zero-order valence-electron chi connectivity index (χ0n) is 12.1. The molecule has 4 heteroatoms. The molecule has 2 amide bonds. The Hall–Kier alpha value is -0.900. The highest BCUT2D eigenvalue weighted by atomic mass is 16.2. The summed E-state index contributed by atoms with van der Waals surface area (Å²) in [6.45, 7) is 6.59. The number of imide groups is 1. The van der Waals surface area contributed by atoms with Crippen molar-refractivity contribution in [1.82, 2.24) is 4.90 Å². The highest BCUT2D eigenvalue weighted by Crippen LogP contribution is 2.64. The highest BCUT2D eigenvalue weighted by molar-refractivity contribution is 6.11. The normalized spacial score (nSPS) is 44.4. The van der Waals surface area contributed by atoms with Gasteiger partial charge in [-0.1, -0.05) is 33.6 Å². The van der Waals surface area contributed by atoms with E-state index in [9.17, 15) is 9.59 Å². The number of carbonyl (C=O) groups excluding carboxylic acids is 2. The van der Waals surface area contributed by atoms with Gasteiger partial charge >= 0.3 is 0 Å². The fourth-order valence-electron chi connectivity index (χ4n) is 4.51. The Morgan fingerprint density at radius 2 is 1.79 bits per heavy atom. The van der Waals surface area contributed by atoms with Crippen LogP contribution in [0.15, 0.2) is 0 Å². The van der Waals surface area contributed by atoms with Crippen LogP contribution in [0.5, 0.6) is 0 Å². The Morgan fingerprint density at radius 1 is 1.21 bits per heavy atom. The van der Waals surface area contributed by atoms with E-state index in [4.69, 9.17) is 5.73 Å². The van der Waals surface area contributed by atoms with Crippen molar-refractivity contribution < 1.29 is 9.59 Å². The summed E-state index contributed by atoms with van der Waals surface area (Å²) in [5, 5.41) is 0. The first-order valence-electron chi connectivity index (χ1n) is 7.46. The molecule has 1 aliphatic heterocycles. The van der Waals surface area contributed by atoms with E-state index in [1.807, 2.05) is 13.8 Å². The van der Waals surface area contributed by atoms with Gasteiger partial charge in [-0.15, -0.1) is 0 Å². The Balaban J connectivity index is 1.94. The van der Waals surface area contributed by atoms with Crippen LogP contribution in [0.2, 0.25) is 0 Å². The average molecular weight is 264 g/mol.